The Morgan fingerprint density at radius 1 is 1.57 bits per heavy atom. The molecule has 0 radical (unpaired) electrons. The van der Waals surface area contributed by atoms with Gasteiger partial charge < -0.3 is 10.1 Å². The fourth-order valence-electron chi connectivity index (χ4n) is 1.57. The van der Waals surface area contributed by atoms with E-state index in [9.17, 15) is 0 Å². The fraction of sp³-hybridized carbons (Fsp3) is 0.455. The van der Waals surface area contributed by atoms with Crippen molar-refractivity contribution < 1.29 is 4.74 Å². The van der Waals surface area contributed by atoms with E-state index in [4.69, 9.17) is 16.3 Å². The second kappa shape index (κ2) is 3.70. The van der Waals surface area contributed by atoms with Crippen LogP contribution in [0, 0.1) is 6.92 Å². The predicted molar refractivity (Wildman–Crippen MR) is 59.4 cm³/mol. The maximum absolute atomic E-state index is 6.01. The average molecular weight is 212 g/mol. The van der Waals surface area contributed by atoms with Gasteiger partial charge in [-0.05, 0) is 25.0 Å². The molecular weight excluding hydrogens is 198 g/mol. The number of aryl methyl sites for hydroxylation is 1. The lowest BCUT2D eigenvalue weighted by Gasteiger charge is -2.27. The van der Waals surface area contributed by atoms with Crippen LogP contribution >= 0.6 is 11.6 Å². The Hall–Kier alpha value is -0.890. The van der Waals surface area contributed by atoms with Crippen molar-refractivity contribution in [2.24, 2.45) is 0 Å². The van der Waals surface area contributed by atoms with Crippen LogP contribution in [0.25, 0.3) is 0 Å². The second-order valence-electron chi connectivity index (χ2n) is 3.66. The van der Waals surface area contributed by atoms with Crippen LogP contribution in [0.2, 0.25) is 5.02 Å². The molecule has 1 unspecified atom stereocenters. The molecule has 1 heterocycles. The summed E-state index contributed by atoms with van der Waals surface area (Å²) in [6, 6.07) is 4.34. The molecule has 76 valence electrons. The van der Waals surface area contributed by atoms with E-state index in [1.165, 1.54) is 0 Å². The number of hydrogen-bond acceptors (Lipinski definition) is 2. The van der Waals surface area contributed by atoms with Gasteiger partial charge in [-0.3, -0.25) is 0 Å². The molecule has 3 heteroatoms. The number of fused-ring (bicyclic) bond motifs is 1. The Morgan fingerprint density at radius 3 is 3.07 bits per heavy atom. The second-order valence-corrected chi connectivity index (χ2v) is 4.07. The average Bonchev–Trinajstić information content (AvgIpc) is 2.19. The van der Waals surface area contributed by atoms with Crippen molar-refractivity contribution in [3.63, 3.8) is 0 Å². The highest BCUT2D eigenvalue weighted by molar-refractivity contribution is 6.31. The molecule has 0 fully saturated rings. The zero-order valence-electron chi connectivity index (χ0n) is 8.43. The highest BCUT2D eigenvalue weighted by Crippen LogP contribution is 2.34. The molecule has 1 aromatic rings. The minimum Gasteiger partial charge on any atom is -0.489 e. The lowest BCUT2D eigenvalue weighted by molar-refractivity contribution is 0.281. The summed E-state index contributed by atoms with van der Waals surface area (Å²) in [5.41, 5.74) is 2.14. The molecule has 1 aliphatic heterocycles. The van der Waals surface area contributed by atoms with Gasteiger partial charge in [-0.2, -0.15) is 0 Å². The van der Waals surface area contributed by atoms with Gasteiger partial charge in [-0.25, -0.2) is 0 Å². The van der Waals surface area contributed by atoms with Crippen molar-refractivity contribution in [2.45, 2.75) is 26.3 Å². The Bertz CT molecular complexity index is 351. The highest BCUT2D eigenvalue weighted by atomic mass is 35.5. The SMILES string of the molecule is CCC1COc2cc(Cl)c(C)cc2N1. The number of anilines is 1. The molecule has 1 N–H and O–H groups in total. The standard InChI is InChI=1S/C11H14ClNO/c1-3-8-6-14-11-5-9(12)7(2)4-10(11)13-8/h4-5,8,13H,3,6H2,1-2H3. The number of hydrogen-bond donors (Lipinski definition) is 1. The molecule has 0 aliphatic carbocycles. The Morgan fingerprint density at radius 2 is 2.36 bits per heavy atom. The third-order valence-corrected chi connectivity index (χ3v) is 2.96. The largest absolute Gasteiger partial charge is 0.489 e. The van der Waals surface area contributed by atoms with Crippen LogP contribution in [-0.2, 0) is 0 Å². The minimum atomic E-state index is 0.420. The summed E-state index contributed by atoms with van der Waals surface area (Å²) in [6.45, 7) is 4.87. The zero-order chi connectivity index (χ0) is 10.1. The van der Waals surface area contributed by atoms with Crippen LogP contribution in [0.3, 0.4) is 0 Å². The van der Waals surface area contributed by atoms with E-state index in [0.29, 0.717) is 6.04 Å². The van der Waals surface area contributed by atoms with E-state index in [1.807, 2.05) is 19.1 Å². The molecule has 1 aromatic carbocycles. The molecule has 14 heavy (non-hydrogen) atoms. The lowest BCUT2D eigenvalue weighted by Crippen LogP contribution is -2.30. The zero-order valence-corrected chi connectivity index (χ0v) is 9.19. The van der Waals surface area contributed by atoms with Crippen molar-refractivity contribution in [3.05, 3.63) is 22.7 Å². The third-order valence-electron chi connectivity index (χ3n) is 2.55. The number of benzene rings is 1. The summed E-state index contributed by atoms with van der Waals surface area (Å²) < 4.78 is 5.62. The molecule has 2 rings (SSSR count). The van der Waals surface area contributed by atoms with Gasteiger partial charge in [0.1, 0.15) is 12.4 Å². The van der Waals surface area contributed by atoms with Gasteiger partial charge in [-0.1, -0.05) is 18.5 Å². The molecule has 0 saturated heterocycles. The molecule has 0 spiro atoms. The van der Waals surface area contributed by atoms with E-state index in [2.05, 4.69) is 12.2 Å². The Labute approximate surface area is 89.2 Å². The number of rotatable bonds is 1. The van der Waals surface area contributed by atoms with E-state index in [0.717, 1.165) is 35.1 Å². The van der Waals surface area contributed by atoms with E-state index in [-0.39, 0.29) is 0 Å². The number of ether oxygens (including phenoxy) is 1. The first-order valence-corrected chi connectivity index (χ1v) is 5.28. The van der Waals surface area contributed by atoms with Gasteiger partial charge in [-0.15, -0.1) is 0 Å². The summed E-state index contributed by atoms with van der Waals surface area (Å²) in [7, 11) is 0. The summed E-state index contributed by atoms with van der Waals surface area (Å²) in [5, 5.41) is 4.20. The molecular formula is C11H14ClNO. The van der Waals surface area contributed by atoms with Crippen LogP contribution in [0.15, 0.2) is 12.1 Å². The number of halogens is 1. The van der Waals surface area contributed by atoms with Gasteiger partial charge in [0.15, 0.2) is 0 Å². The van der Waals surface area contributed by atoms with Gasteiger partial charge in [0, 0.05) is 11.1 Å². The van der Waals surface area contributed by atoms with Crippen LogP contribution < -0.4 is 10.1 Å². The number of nitrogens with one attached hydrogen (secondary N) is 1. The molecule has 0 saturated carbocycles. The maximum Gasteiger partial charge on any atom is 0.144 e. The first-order valence-electron chi connectivity index (χ1n) is 4.90. The minimum absolute atomic E-state index is 0.420. The van der Waals surface area contributed by atoms with Crippen LogP contribution in [0.5, 0.6) is 5.75 Å². The maximum atomic E-state index is 6.01. The van der Waals surface area contributed by atoms with Crippen molar-refractivity contribution in [1.82, 2.24) is 0 Å². The fourth-order valence-corrected chi connectivity index (χ4v) is 1.72. The van der Waals surface area contributed by atoms with Crippen molar-refractivity contribution >= 4 is 17.3 Å². The molecule has 0 bridgehead atoms. The molecule has 0 amide bonds. The van der Waals surface area contributed by atoms with Gasteiger partial charge in [0.2, 0.25) is 0 Å². The summed E-state index contributed by atoms with van der Waals surface area (Å²) in [4.78, 5) is 0. The highest BCUT2D eigenvalue weighted by Gasteiger charge is 2.18. The van der Waals surface area contributed by atoms with Crippen molar-refractivity contribution in [1.29, 1.82) is 0 Å². The van der Waals surface area contributed by atoms with E-state index in [1.54, 1.807) is 0 Å². The van der Waals surface area contributed by atoms with E-state index >= 15 is 0 Å². The summed E-state index contributed by atoms with van der Waals surface area (Å²) >= 11 is 6.01. The van der Waals surface area contributed by atoms with Gasteiger partial charge >= 0.3 is 0 Å². The molecule has 1 aliphatic rings. The third kappa shape index (κ3) is 1.67. The molecule has 2 nitrogen and oxygen atoms in total. The van der Waals surface area contributed by atoms with E-state index < -0.39 is 0 Å². The van der Waals surface area contributed by atoms with Gasteiger partial charge in [0.25, 0.3) is 0 Å². The van der Waals surface area contributed by atoms with Crippen LogP contribution in [0.1, 0.15) is 18.9 Å². The van der Waals surface area contributed by atoms with Crippen molar-refractivity contribution in [2.75, 3.05) is 11.9 Å². The van der Waals surface area contributed by atoms with Crippen molar-refractivity contribution in [3.8, 4) is 5.75 Å². The normalized spacial score (nSPS) is 19.5. The Balaban J connectivity index is 2.33. The smallest absolute Gasteiger partial charge is 0.144 e. The van der Waals surface area contributed by atoms with Crippen LogP contribution in [0.4, 0.5) is 5.69 Å². The predicted octanol–water partition coefficient (Wildman–Crippen LogP) is 3.23. The van der Waals surface area contributed by atoms with Gasteiger partial charge in [0.05, 0.1) is 11.7 Å². The monoisotopic (exact) mass is 211 g/mol. The molecule has 0 aromatic heterocycles. The summed E-state index contributed by atoms with van der Waals surface area (Å²) in [6.07, 6.45) is 1.07. The quantitative estimate of drug-likeness (QED) is 0.770. The first kappa shape index (κ1) is 9.66. The topological polar surface area (TPSA) is 21.3 Å². The lowest BCUT2D eigenvalue weighted by atomic mass is 10.1. The summed E-state index contributed by atoms with van der Waals surface area (Å²) in [5.74, 6) is 0.866. The first-order chi connectivity index (χ1) is 6.70. The molecule has 1 atom stereocenters. The Kier molecular flexibility index (Phi) is 2.55. The van der Waals surface area contributed by atoms with Crippen LogP contribution in [-0.4, -0.2) is 12.6 Å².